The summed E-state index contributed by atoms with van der Waals surface area (Å²) in [4.78, 5) is 29.2. The summed E-state index contributed by atoms with van der Waals surface area (Å²) in [7, 11) is 3.08. The molecule has 150 valence electrons. The van der Waals surface area contributed by atoms with Crippen molar-refractivity contribution in [2.75, 3.05) is 32.3 Å². The Balaban J connectivity index is 1.62. The lowest BCUT2D eigenvalue weighted by atomic mass is 9.82. The number of ketones is 1. The lowest BCUT2D eigenvalue weighted by molar-refractivity contribution is -0.128. The van der Waals surface area contributed by atoms with E-state index >= 15 is 0 Å². The number of hydrogen-bond acceptors (Lipinski definition) is 6. The van der Waals surface area contributed by atoms with Gasteiger partial charge in [-0.05, 0) is 6.07 Å². The largest absolute Gasteiger partial charge is 0.356 e. The number of amides is 1. The molecule has 2 heterocycles. The molecule has 4 rings (SSSR count). The lowest BCUT2D eigenvalue weighted by Gasteiger charge is -2.39. The quantitative estimate of drug-likeness (QED) is 0.699. The number of aromatic amines is 1. The second-order valence-corrected chi connectivity index (χ2v) is 9.96. The maximum Gasteiger partial charge on any atom is 0.220 e. The average Bonchev–Trinajstić information content (AvgIpc) is 3.33. The maximum atomic E-state index is 13.0. The summed E-state index contributed by atoms with van der Waals surface area (Å²) in [5, 5.41) is 3.86. The van der Waals surface area contributed by atoms with Gasteiger partial charge in [-0.2, -0.15) is 0 Å². The number of rotatable bonds is 6. The monoisotopic (exact) mass is 420 g/mol. The third kappa shape index (κ3) is 3.36. The first kappa shape index (κ1) is 19.8. The second kappa shape index (κ2) is 8.10. The molecule has 2 aliphatic rings. The van der Waals surface area contributed by atoms with Gasteiger partial charge in [0.2, 0.25) is 5.91 Å². The number of fused-ring (bicyclic) bond motifs is 4. The number of ether oxygens (including phenoxy) is 2. The summed E-state index contributed by atoms with van der Waals surface area (Å²) >= 11 is 3.72. The number of H-pyrrole nitrogens is 1. The zero-order chi connectivity index (χ0) is 19.7. The molecule has 0 radical (unpaired) electrons. The van der Waals surface area contributed by atoms with E-state index in [9.17, 15) is 9.59 Å². The van der Waals surface area contributed by atoms with Crippen LogP contribution in [0.1, 0.15) is 28.9 Å². The molecule has 1 aromatic carbocycles. The molecule has 2 N–H and O–H groups in total. The number of methoxy groups -OCH3 is 2. The van der Waals surface area contributed by atoms with Crippen LogP contribution in [0, 0.1) is 5.92 Å². The van der Waals surface area contributed by atoms with Crippen molar-refractivity contribution in [1.29, 1.82) is 0 Å². The highest BCUT2D eigenvalue weighted by Crippen LogP contribution is 2.61. The number of Topliss-reactive ketones (excluding diaryl/α,β-unsaturated/α-hetero) is 1. The number of carbonyl (C=O) groups is 2. The first-order valence-corrected chi connectivity index (χ1v) is 11.3. The van der Waals surface area contributed by atoms with Crippen molar-refractivity contribution in [1.82, 2.24) is 10.3 Å². The Bertz CT molecular complexity index is 887. The van der Waals surface area contributed by atoms with E-state index in [2.05, 4.69) is 10.3 Å². The minimum Gasteiger partial charge on any atom is -0.356 e. The maximum absolute atomic E-state index is 13.0. The lowest BCUT2D eigenvalue weighted by Crippen LogP contribution is -2.40. The summed E-state index contributed by atoms with van der Waals surface area (Å²) in [6.45, 7) is 0.289. The van der Waals surface area contributed by atoms with Crippen LogP contribution in [0.4, 0.5) is 0 Å². The zero-order valence-electron chi connectivity index (χ0n) is 15.9. The van der Waals surface area contributed by atoms with Crippen molar-refractivity contribution < 1.29 is 19.1 Å². The fraction of sp³-hybridized carbons (Fsp3) is 0.500. The Kier molecular flexibility index (Phi) is 5.73. The molecule has 2 aromatic rings. The average molecular weight is 421 g/mol. The van der Waals surface area contributed by atoms with Gasteiger partial charge in [0.1, 0.15) is 4.08 Å². The molecule has 1 amide bonds. The fourth-order valence-corrected chi connectivity index (χ4v) is 7.63. The predicted molar refractivity (Wildman–Crippen MR) is 113 cm³/mol. The molecule has 6 nitrogen and oxygen atoms in total. The van der Waals surface area contributed by atoms with E-state index in [1.807, 2.05) is 47.8 Å². The number of carbonyl (C=O) groups excluding carboxylic acids is 2. The van der Waals surface area contributed by atoms with Crippen LogP contribution in [0.15, 0.2) is 24.3 Å². The third-order valence-corrected chi connectivity index (χ3v) is 9.16. The molecule has 8 heteroatoms. The Labute approximate surface area is 172 Å². The van der Waals surface area contributed by atoms with Crippen molar-refractivity contribution in [2.45, 2.75) is 23.2 Å². The van der Waals surface area contributed by atoms with Crippen LogP contribution in [0.25, 0.3) is 10.9 Å². The first-order chi connectivity index (χ1) is 13.6. The van der Waals surface area contributed by atoms with Crippen LogP contribution in [-0.2, 0) is 18.3 Å². The number of para-hydroxylation sites is 1. The van der Waals surface area contributed by atoms with Crippen LogP contribution < -0.4 is 5.32 Å². The van der Waals surface area contributed by atoms with Crippen molar-refractivity contribution in [2.24, 2.45) is 5.92 Å². The molecule has 0 bridgehead atoms. The van der Waals surface area contributed by atoms with Gasteiger partial charge in [0.15, 0.2) is 12.1 Å². The molecular formula is C20H24N2O4S2. The number of aromatic nitrogens is 1. The molecule has 1 atom stereocenters. The SMILES string of the molecule is COC(CNC(=O)CC1CC(=O)c2c([nH]c3ccccc23)C12SCCS2)OC. The predicted octanol–water partition coefficient (Wildman–Crippen LogP) is 3.13. The topological polar surface area (TPSA) is 80.4 Å². The second-order valence-electron chi connectivity index (χ2n) is 7.02. The Morgan fingerprint density at radius 3 is 2.71 bits per heavy atom. The molecule has 1 fully saturated rings. The molecular weight excluding hydrogens is 396 g/mol. The Hall–Kier alpha value is -1.48. The van der Waals surface area contributed by atoms with Gasteiger partial charge in [0.25, 0.3) is 0 Å². The Morgan fingerprint density at radius 1 is 1.29 bits per heavy atom. The third-order valence-electron chi connectivity index (χ3n) is 5.44. The molecule has 1 spiro atoms. The molecule has 1 unspecified atom stereocenters. The highest BCUT2D eigenvalue weighted by Gasteiger charge is 2.52. The highest BCUT2D eigenvalue weighted by atomic mass is 32.2. The van der Waals surface area contributed by atoms with E-state index < -0.39 is 6.29 Å². The number of nitrogens with one attached hydrogen (secondary N) is 2. The van der Waals surface area contributed by atoms with Gasteiger partial charge < -0.3 is 19.8 Å². The van der Waals surface area contributed by atoms with Crippen LogP contribution in [0.2, 0.25) is 0 Å². The molecule has 0 saturated carbocycles. The Morgan fingerprint density at radius 2 is 2.00 bits per heavy atom. The van der Waals surface area contributed by atoms with Gasteiger partial charge in [0.05, 0.1) is 12.2 Å². The molecule has 1 aromatic heterocycles. The summed E-state index contributed by atoms with van der Waals surface area (Å²) < 4.78 is 9.98. The first-order valence-electron chi connectivity index (χ1n) is 9.33. The highest BCUT2D eigenvalue weighted by molar-refractivity contribution is 8.20. The molecule has 1 saturated heterocycles. The number of hydrogen-bond donors (Lipinski definition) is 2. The molecule has 1 aliphatic carbocycles. The van der Waals surface area contributed by atoms with E-state index in [0.717, 1.165) is 33.7 Å². The standard InChI is InChI=1S/C20H24N2O4S2/c1-25-17(26-2)11-21-16(24)10-12-9-15(23)18-13-5-3-4-6-14(13)22-19(18)20(12)27-7-8-28-20/h3-6,12,17,22H,7-11H2,1-2H3,(H,21,24). The summed E-state index contributed by atoms with van der Waals surface area (Å²) in [5.74, 6) is 2.02. The van der Waals surface area contributed by atoms with E-state index in [1.54, 1.807) is 14.2 Å². The van der Waals surface area contributed by atoms with Crippen molar-refractivity contribution in [3.63, 3.8) is 0 Å². The zero-order valence-corrected chi connectivity index (χ0v) is 17.6. The van der Waals surface area contributed by atoms with E-state index in [4.69, 9.17) is 9.47 Å². The van der Waals surface area contributed by atoms with Gasteiger partial charge in [-0.15, -0.1) is 23.5 Å². The van der Waals surface area contributed by atoms with Gasteiger partial charge in [-0.1, -0.05) is 18.2 Å². The van der Waals surface area contributed by atoms with Crippen LogP contribution >= 0.6 is 23.5 Å². The van der Waals surface area contributed by atoms with Crippen LogP contribution in [0.5, 0.6) is 0 Å². The minimum atomic E-state index is -0.471. The van der Waals surface area contributed by atoms with E-state index in [0.29, 0.717) is 12.8 Å². The van der Waals surface area contributed by atoms with Crippen molar-refractivity contribution in [3.8, 4) is 0 Å². The summed E-state index contributed by atoms with van der Waals surface area (Å²) in [5.41, 5.74) is 2.79. The van der Waals surface area contributed by atoms with Crippen LogP contribution in [0.3, 0.4) is 0 Å². The summed E-state index contributed by atoms with van der Waals surface area (Å²) in [6.07, 6.45) is 0.224. The van der Waals surface area contributed by atoms with Crippen molar-refractivity contribution >= 4 is 46.1 Å². The molecule has 28 heavy (non-hydrogen) atoms. The summed E-state index contributed by atoms with van der Waals surface area (Å²) in [6, 6.07) is 7.95. The minimum absolute atomic E-state index is 0.0541. The van der Waals surface area contributed by atoms with Crippen LogP contribution in [-0.4, -0.2) is 55.2 Å². The number of benzene rings is 1. The van der Waals surface area contributed by atoms with Gasteiger partial charge in [-0.3, -0.25) is 9.59 Å². The van der Waals surface area contributed by atoms with Gasteiger partial charge >= 0.3 is 0 Å². The smallest absolute Gasteiger partial charge is 0.220 e. The van der Waals surface area contributed by atoms with Crippen molar-refractivity contribution in [3.05, 3.63) is 35.5 Å². The normalized spacial score (nSPS) is 20.8. The van der Waals surface area contributed by atoms with Gasteiger partial charge in [-0.25, -0.2) is 0 Å². The molecule has 1 aliphatic heterocycles. The van der Waals surface area contributed by atoms with E-state index in [-0.39, 0.29) is 28.2 Å². The fourth-order valence-electron chi connectivity index (χ4n) is 4.13. The van der Waals surface area contributed by atoms with Gasteiger partial charge in [0, 0.05) is 61.0 Å². The van der Waals surface area contributed by atoms with E-state index in [1.165, 1.54) is 0 Å². The number of thioether (sulfide) groups is 2.